The molecule has 4 rings (SSSR count). The van der Waals surface area contributed by atoms with Crippen molar-refractivity contribution in [3.63, 3.8) is 0 Å². The SMILES string of the molecule is Brc1ccc(C#C[C]2[CH][CH][CH][CH]2)c2nsnc12.[CH]1[CH][CH][CH][CH]1.[Fe+2]. The van der Waals surface area contributed by atoms with E-state index in [1.165, 1.54) is 11.7 Å². The van der Waals surface area contributed by atoms with Crippen LogP contribution in [0.15, 0.2) is 16.6 Å². The molecule has 2 saturated carbocycles. The molecular formula is C18H11BrFeN2S+2. The Hall–Kier alpha value is -0.401. The summed E-state index contributed by atoms with van der Waals surface area (Å²) in [6.45, 7) is 0. The quantitative estimate of drug-likeness (QED) is 0.469. The summed E-state index contributed by atoms with van der Waals surface area (Å²) in [4.78, 5) is 0. The van der Waals surface area contributed by atoms with Crippen molar-refractivity contribution < 1.29 is 17.1 Å². The third-order valence-electron chi connectivity index (χ3n) is 2.93. The van der Waals surface area contributed by atoms with Gasteiger partial charge in [-0.2, -0.15) is 8.75 Å². The molecule has 2 nitrogen and oxygen atoms in total. The van der Waals surface area contributed by atoms with Crippen LogP contribution in [0, 0.1) is 75.5 Å². The second-order valence-electron chi connectivity index (χ2n) is 4.44. The summed E-state index contributed by atoms with van der Waals surface area (Å²) in [6.07, 6.45) is 17.9. The molecule has 1 aromatic heterocycles. The molecule has 23 heavy (non-hydrogen) atoms. The average molecular weight is 423 g/mol. The van der Waals surface area contributed by atoms with Crippen LogP contribution in [0.3, 0.4) is 0 Å². The van der Waals surface area contributed by atoms with Crippen LogP contribution in [0.5, 0.6) is 0 Å². The number of halogens is 1. The predicted molar refractivity (Wildman–Crippen MR) is 93.9 cm³/mol. The zero-order valence-corrected chi connectivity index (χ0v) is 15.4. The third-order valence-corrected chi connectivity index (χ3v) is 4.09. The van der Waals surface area contributed by atoms with Gasteiger partial charge in [0.05, 0.1) is 23.2 Å². The Labute approximate surface area is 161 Å². The number of benzene rings is 1. The van der Waals surface area contributed by atoms with Crippen LogP contribution in [-0.2, 0) is 17.1 Å². The minimum atomic E-state index is 0. The van der Waals surface area contributed by atoms with Crippen molar-refractivity contribution >= 4 is 38.7 Å². The number of nitrogens with zero attached hydrogens (tertiary/aromatic N) is 2. The standard InChI is InChI=1S/C13H6BrN2S.C5H5.Fe/c14-11-8-7-10(12-13(11)16-17-15-12)6-5-9-3-1-2-4-9;1-2-4-5-3-1;/h1-4,7-8H;1-5H;/q;;+2. The monoisotopic (exact) mass is 422 g/mol. The molecule has 0 bridgehead atoms. The van der Waals surface area contributed by atoms with E-state index in [9.17, 15) is 0 Å². The Bertz CT molecular complexity index is 672. The van der Waals surface area contributed by atoms with Gasteiger partial charge in [0.2, 0.25) is 0 Å². The Kier molecular flexibility index (Phi) is 8.06. The molecule has 5 heteroatoms. The van der Waals surface area contributed by atoms with Crippen molar-refractivity contribution in [2.45, 2.75) is 0 Å². The first-order valence-electron chi connectivity index (χ1n) is 6.66. The fourth-order valence-corrected chi connectivity index (χ4v) is 2.95. The summed E-state index contributed by atoms with van der Waals surface area (Å²) in [5.74, 6) is 7.27. The van der Waals surface area contributed by atoms with Crippen LogP contribution in [-0.4, -0.2) is 8.75 Å². The summed E-state index contributed by atoms with van der Waals surface area (Å²) >= 11 is 4.66. The second kappa shape index (κ2) is 9.79. The summed E-state index contributed by atoms with van der Waals surface area (Å²) in [5.41, 5.74) is 2.66. The van der Waals surface area contributed by atoms with E-state index in [1.807, 2.05) is 69.9 Å². The molecule has 10 radical (unpaired) electrons. The topological polar surface area (TPSA) is 25.8 Å². The van der Waals surface area contributed by atoms with E-state index in [2.05, 4.69) is 36.5 Å². The van der Waals surface area contributed by atoms with Gasteiger partial charge in [0, 0.05) is 4.47 Å². The molecule has 2 aromatic rings. The molecule has 2 aliphatic rings. The molecule has 0 N–H and O–H groups in total. The van der Waals surface area contributed by atoms with Crippen molar-refractivity contribution in [3.05, 3.63) is 85.9 Å². The van der Waals surface area contributed by atoms with Crippen LogP contribution in [0.4, 0.5) is 0 Å². The molecule has 0 saturated heterocycles. The third kappa shape index (κ3) is 5.29. The molecule has 1 heterocycles. The number of hydrogen-bond donors (Lipinski definition) is 0. The molecule has 0 spiro atoms. The molecule has 0 amide bonds. The largest absolute Gasteiger partial charge is 2.00 e. The van der Waals surface area contributed by atoms with Crippen molar-refractivity contribution in [3.8, 4) is 11.8 Å². The minimum Gasteiger partial charge on any atom is -0.172 e. The Balaban J connectivity index is 0.000000276. The van der Waals surface area contributed by atoms with Crippen LogP contribution in [0.25, 0.3) is 11.0 Å². The maximum Gasteiger partial charge on any atom is 2.00 e. The molecule has 1 aromatic carbocycles. The number of fused-ring (bicyclic) bond motifs is 1. The number of rotatable bonds is 0. The fraction of sp³-hybridized carbons (Fsp3) is 0. The summed E-state index contributed by atoms with van der Waals surface area (Å²) in [5, 5.41) is 0. The van der Waals surface area contributed by atoms with E-state index in [0.29, 0.717) is 0 Å². The van der Waals surface area contributed by atoms with Gasteiger partial charge in [0.15, 0.2) is 0 Å². The van der Waals surface area contributed by atoms with Gasteiger partial charge in [-0.3, -0.25) is 0 Å². The van der Waals surface area contributed by atoms with Gasteiger partial charge in [-0.25, -0.2) is 0 Å². The Morgan fingerprint density at radius 3 is 2.04 bits per heavy atom. The zero-order valence-electron chi connectivity index (χ0n) is 11.9. The van der Waals surface area contributed by atoms with E-state index in [0.717, 1.165) is 27.0 Å². The van der Waals surface area contributed by atoms with Gasteiger partial charge in [0.25, 0.3) is 0 Å². The maximum atomic E-state index is 4.28. The van der Waals surface area contributed by atoms with Crippen molar-refractivity contribution in [1.82, 2.24) is 8.75 Å². The van der Waals surface area contributed by atoms with E-state index in [1.54, 1.807) is 0 Å². The molecule has 0 atom stereocenters. The number of hydrogen-bond acceptors (Lipinski definition) is 3. The average Bonchev–Trinajstić information content (AvgIpc) is 3.28. The van der Waals surface area contributed by atoms with Crippen LogP contribution < -0.4 is 0 Å². The van der Waals surface area contributed by atoms with Crippen LogP contribution >= 0.6 is 27.7 Å². The molecule has 0 aliphatic heterocycles. The van der Waals surface area contributed by atoms with Gasteiger partial charge >= 0.3 is 17.1 Å². The smallest absolute Gasteiger partial charge is 0.172 e. The van der Waals surface area contributed by atoms with Gasteiger partial charge < -0.3 is 0 Å². The van der Waals surface area contributed by atoms with Gasteiger partial charge in [-0.05, 0) is 85.9 Å². The number of aromatic nitrogens is 2. The Morgan fingerprint density at radius 1 is 0.783 bits per heavy atom. The van der Waals surface area contributed by atoms with E-state index >= 15 is 0 Å². The van der Waals surface area contributed by atoms with Crippen molar-refractivity contribution in [2.75, 3.05) is 0 Å². The van der Waals surface area contributed by atoms with Crippen molar-refractivity contribution in [2.24, 2.45) is 0 Å². The zero-order chi connectivity index (χ0) is 15.2. The van der Waals surface area contributed by atoms with Gasteiger partial charge in [0.1, 0.15) is 11.0 Å². The fourth-order valence-electron chi connectivity index (χ4n) is 1.85. The van der Waals surface area contributed by atoms with E-state index in [4.69, 9.17) is 0 Å². The van der Waals surface area contributed by atoms with Gasteiger partial charge in [-0.1, -0.05) is 11.8 Å². The van der Waals surface area contributed by atoms with Crippen LogP contribution in [0.1, 0.15) is 5.56 Å². The summed E-state index contributed by atoms with van der Waals surface area (Å²) in [7, 11) is 0. The maximum absolute atomic E-state index is 4.28. The van der Waals surface area contributed by atoms with E-state index < -0.39 is 0 Å². The van der Waals surface area contributed by atoms with Crippen LogP contribution in [0.2, 0.25) is 0 Å². The first-order chi connectivity index (χ1) is 10.8. The Morgan fingerprint density at radius 2 is 1.39 bits per heavy atom. The summed E-state index contributed by atoms with van der Waals surface area (Å²) < 4.78 is 9.48. The summed E-state index contributed by atoms with van der Waals surface area (Å²) in [6, 6.07) is 3.92. The molecule has 112 valence electrons. The van der Waals surface area contributed by atoms with Crippen molar-refractivity contribution in [1.29, 1.82) is 0 Å². The normalized spacial score (nSPS) is 17.1. The van der Waals surface area contributed by atoms with E-state index in [-0.39, 0.29) is 17.1 Å². The molecule has 0 unspecified atom stereocenters. The molecular weight excluding hydrogens is 412 g/mol. The van der Waals surface area contributed by atoms with Gasteiger partial charge in [-0.15, -0.1) is 0 Å². The first kappa shape index (κ1) is 18.9. The minimum absolute atomic E-state index is 0. The molecule has 2 aliphatic carbocycles. The second-order valence-corrected chi connectivity index (χ2v) is 5.82. The first-order valence-corrected chi connectivity index (χ1v) is 8.18. The predicted octanol–water partition coefficient (Wildman–Crippen LogP) is 4.23. The molecule has 2 fully saturated rings.